The van der Waals surface area contributed by atoms with Gasteiger partial charge in [-0.2, -0.15) is 0 Å². The van der Waals surface area contributed by atoms with E-state index in [0.717, 1.165) is 19.1 Å². The van der Waals surface area contributed by atoms with Crippen LogP contribution in [0.1, 0.15) is 31.7 Å². The van der Waals surface area contributed by atoms with Gasteiger partial charge in [-0.1, -0.05) is 13.8 Å². The van der Waals surface area contributed by atoms with Crippen molar-refractivity contribution in [3.8, 4) is 5.75 Å². The van der Waals surface area contributed by atoms with E-state index >= 15 is 0 Å². The Morgan fingerprint density at radius 1 is 1.32 bits per heavy atom. The van der Waals surface area contributed by atoms with Gasteiger partial charge in [0.15, 0.2) is 4.90 Å². The van der Waals surface area contributed by atoms with Crippen molar-refractivity contribution in [1.82, 2.24) is 4.90 Å². The van der Waals surface area contributed by atoms with Gasteiger partial charge in [0.05, 0.1) is 7.11 Å². The molecule has 1 rings (SSSR count). The van der Waals surface area contributed by atoms with E-state index < -0.39 is 10.4 Å². The fraction of sp³-hybridized carbons (Fsp3) is 0.562. The number of hydrogen-bond donors (Lipinski definition) is 0. The molecule has 0 aliphatic carbocycles. The lowest BCUT2D eigenvalue weighted by molar-refractivity contribution is 0.171. The van der Waals surface area contributed by atoms with E-state index in [4.69, 9.17) is 4.74 Å². The Balaban J connectivity index is 0.000000823. The maximum atomic E-state index is 11.7. The van der Waals surface area contributed by atoms with Gasteiger partial charge in [0.25, 0.3) is 0 Å². The number of ether oxygens (including phenoxy) is 1. The van der Waals surface area contributed by atoms with Crippen molar-refractivity contribution in [3.05, 3.63) is 23.8 Å². The van der Waals surface area contributed by atoms with Crippen molar-refractivity contribution >= 4 is 27.4 Å². The molecular formula is C16H27NO6S2. The second kappa shape index (κ2) is 10.6. The highest BCUT2D eigenvalue weighted by Gasteiger charge is 2.18. The number of hydrogen-bond acceptors (Lipinski definition) is 6. The molecule has 1 atom stereocenters. The summed E-state index contributed by atoms with van der Waals surface area (Å²) >= 11 is 0. The number of amides is 1. The summed E-state index contributed by atoms with van der Waals surface area (Å²) in [4.78, 5) is 14.4. The highest BCUT2D eigenvalue weighted by Crippen LogP contribution is 2.31. The van der Waals surface area contributed by atoms with Crippen LogP contribution in [0, 0.1) is 0 Å². The van der Waals surface area contributed by atoms with Crippen LogP contribution in [0.2, 0.25) is 0 Å². The van der Waals surface area contributed by atoms with Crippen LogP contribution in [-0.4, -0.2) is 57.7 Å². The van der Waals surface area contributed by atoms with E-state index in [1.165, 1.54) is 9.80 Å². The average Bonchev–Trinajstić information content (AvgIpc) is 2.53. The van der Waals surface area contributed by atoms with Crippen molar-refractivity contribution in [2.75, 3.05) is 33.7 Å². The molecule has 7 nitrogen and oxygen atoms in total. The van der Waals surface area contributed by atoms with Crippen LogP contribution < -0.4 is 4.74 Å². The molecule has 0 saturated heterocycles. The van der Waals surface area contributed by atoms with Crippen LogP contribution in [0.4, 0.5) is 4.79 Å². The standard InChI is InChI=1S/C15H24NO2S.CH4O4S/c1-7-11(2)13-10-12(19(5)6)8-9-14(13)18-15(17)16(3)4;1-5-6(2,3)4/h8-11H,7H2,1-6H3;1H3,(H,2,3,4)/q+1;/p-1. The molecular weight excluding hydrogens is 366 g/mol. The summed E-state index contributed by atoms with van der Waals surface area (Å²) in [6.45, 7) is 4.31. The van der Waals surface area contributed by atoms with E-state index in [2.05, 4.69) is 36.6 Å². The molecule has 25 heavy (non-hydrogen) atoms. The van der Waals surface area contributed by atoms with Crippen molar-refractivity contribution in [2.24, 2.45) is 0 Å². The summed E-state index contributed by atoms with van der Waals surface area (Å²) in [5, 5.41) is 0. The van der Waals surface area contributed by atoms with E-state index in [1.807, 2.05) is 12.1 Å². The monoisotopic (exact) mass is 393 g/mol. The average molecular weight is 394 g/mol. The number of carbonyl (C=O) groups is 1. The molecule has 0 aromatic heterocycles. The molecule has 0 spiro atoms. The summed E-state index contributed by atoms with van der Waals surface area (Å²) in [6.07, 6.45) is 5.09. The zero-order valence-corrected chi connectivity index (χ0v) is 17.4. The number of nitrogens with zero attached hydrogens (tertiary/aromatic N) is 1. The molecule has 0 aliphatic rings. The summed E-state index contributed by atoms with van der Waals surface area (Å²) in [5.41, 5.74) is 1.12. The Labute approximate surface area is 153 Å². The molecule has 0 radical (unpaired) electrons. The topological polar surface area (TPSA) is 96.0 Å². The first-order valence-corrected chi connectivity index (χ1v) is 10.9. The maximum Gasteiger partial charge on any atom is 0.414 e. The molecule has 9 heteroatoms. The predicted molar refractivity (Wildman–Crippen MR) is 99.0 cm³/mol. The zero-order valence-electron chi connectivity index (χ0n) is 15.7. The highest BCUT2D eigenvalue weighted by atomic mass is 32.3. The molecule has 0 heterocycles. The van der Waals surface area contributed by atoms with Gasteiger partial charge in [-0.25, -0.2) is 13.2 Å². The largest absolute Gasteiger partial charge is 0.726 e. The lowest BCUT2D eigenvalue weighted by Gasteiger charge is -2.17. The quantitative estimate of drug-likeness (QED) is 0.433. The Morgan fingerprint density at radius 2 is 1.84 bits per heavy atom. The van der Waals surface area contributed by atoms with Crippen LogP contribution in [0.25, 0.3) is 0 Å². The van der Waals surface area contributed by atoms with Gasteiger partial charge in [-0.3, -0.25) is 4.18 Å². The minimum absolute atomic E-state index is 0.212. The normalized spacial score (nSPS) is 12.2. The van der Waals surface area contributed by atoms with Crippen LogP contribution >= 0.6 is 0 Å². The fourth-order valence-corrected chi connectivity index (χ4v) is 2.37. The first-order chi connectivity index (χ1) is 11.4. The number of carbonyl (C=O) groups excluding carboxylic acids is 1. The van der Waals surface area contributed by atoms with Crippen LogP contribution in [-0.2, 0) is 25.5 Å². The van der Waals surface area contributed by atoms with Gasteiger partial charge in [0.1, 0.15) is 18.3 Å². The smallest absolute Gasteiger partial charge is 0.414 e. The summed E-state index contributed by atoms with van der Waals surface area (Å²) in [5.74, 6) is 1.07. The second-order valence-electron chi connectivity index (χ2n) is 5.66. The van der Waals surface area contributed by atoms with Gasteiger partial charge in [-0.15, -0.1) is 0 Å². The number of benzene rings is 1. The first-order valence-electron chi connectivity index (χ1n) is 7.55. The molecule has 0 aliphatic heterocycles. The molecule has 1 aromatic rings. The minimum Gasteiger partial charge on any atom is -0.726 e. The van der Waals surface area contributed by atoms with Crippen molar-refractivity contribution in [3.63, 3.8) is 0 Å². The lowest BCUT2D eigenvalue weighted by atomic mass is 9.98. The summed E-state index contributed by atoms with van der Waals surface area (Å²) in [7, 11) is -0.0133. The third kappa shape index (κ3) is 9.10. The minimum atomic E-state index is -4.41. The Kier molecular flexibility index (Phi) is 10.1. The fourth-order valence-electron chi connectivity index (χ4n) is 1.66. The summed E-state index contributed by atoms with van der Waals surface area (Å²) in [6, 6.07) is 6.15. The molecule has 1 aromatic carbocycles. The van der Waals surface area contributed by atoms with E-state index in [1.54, 1.807) is 14.1 Å². The van der Waals surface area contributed by atoms with Crippen LogP contribution in [0.3, 0.4) is 0 Å². The molecule has 144 valence electrons. The Bertz CT molecular complexity index is 659. The summed E-state index contributed by atoms with van der Waals surface area (Å²) < 4.78 is 36.5. The van der Waals surface area contributed by atoms with Crippen molar-refractivity contribution in [2.45, 2.75) is 31.1 Å². The SMILES string of the molecule is CCC(C)c1cc([S+](C)C)ccc1OC(=O)N(C)C.COS(=O)(=O)[O-]. The molecule has 0 fully saturated rings. The van der Waals surface area contributed by atoms with E-state index in [-0.39, 0.29) is 17.0 Å². The molecule has 0 bridgehead atoms. The first kappa shape index (κ1) is 23.7. The van der Waals surface area contributed by atoms with Gasteiger partial charge < -0.3 is 14.2 Å². The Hall–Kier alpha value is -1.29. The van der Waals surface area contributed by atoms with Gasteiger partial charge in [0, 0.05) is 36.6 Å². The second-order valence-corrected chi connectivity index (χ2v) is 8.92. The van der Waals surface area contributed by atoms with Gasteiger partial charge in [-0.05, 0) is 24.5 Å². The molecule has 0 saturated carbocycles. The zero-order chi connectivity index (χ0) is 19.8. The molecule has 0 N–H and O–H groups in total. The predicted octanol–water partition coefficient (Wildman–Crippen LogP) is 2.59. The van der Waals surface area contributed by atoms with Crippen molar-refractivity contribution < 1.29 is 26.7 Å². The third-order valence-corrected chi connectivity index (χ3v) is 4.97. The lowest BCUT2D eigenvalue weighted by Crippen LogP contribution is -2.25. The maximum absolute atomic E-state index is 11.7. The third-order valence-electron chi connectivity index (χ3n) is 3.36. The van der Waals surface area contributed by atoms with Gasteiger partial charge >= 0.3 is 6.09 Å². The molecule has 1 unspecified atom stereocenters. The van der Waals surface area contributed by atoms with Crippen LogP contribution in [0.5, 0.6) is 5.75 Å². The highest BCUT2D eigenvalue weighted by molar-refractivity contribution is 7.95. The Morgan fingerprint density at radius 3 is 2.20 bits per heavy atom. The van der Waals surface area contributed by atoms with E-state index in [9.17, 15) is 17.8 Å². The van der Waals surface area contributed by atoms with Gasteiger partial charge in [0.2, 0.25) is 10.4 Å². The van der Waals surface area contributed by atoms with Crippen molar-refractivity contribution in [1.29, 1.82) is 0 Å². The molecule has 1 amide bonds. The van der Waals surface area contributed by atoms with E-state index in [0.29, 0.717) is 11.7 Å². The van der Waals surface area contributed by atoms with Crippen LogP contribution in [0.15, 0.2) is 23.1 Å². The number of rotatable bonds is 5.